The van der Waals surface area contributed by atoms with Crippen molar-refractivity contribution in [2.24, 2.45) is 11.1 Å². The number of hydrogen-bond acceptors (Lipinski definition) is 6. The summed E-state index contributed by atoms with van der Waals surface area (Å²) in [5.74, 6) is -1.23. The third kappa shape index (κ3) is 8.64. The third-order valence-electron chi connectivity index (χ3n) is 4.83. The van der Waals surface area contributed by atoms with E-state index in [1.807, 2.05) is 13.8 Å². The lowest BCUT2D eigenvalue weighted by Gasteiger charge is -2.31. The lowest BCUT2D eigenvalue weighted by molar-refractivity contribution is -0.139. The van der Waals surface area contributed by atoms with Gasteiger partial charge in [-0.1, -0.05) is 12.1 Å². The number of aliphatic hydroxyl groups excluding tert-OH is 1. The van der Waals surface area contributed by atoms with Crippen molar-refractivity contribution in [1.82, 2.24) is 10.6 Å². The summed E-state index contributed by atoms with van der Waals surface area (Å²) < 4.78 is 5.72. The monoisotopic (exact) mass is 436 g/mol. The molecule has 1 rings (SSSR count). The van der Waals surface area contributed by atoms with Crippen LogP contribution in [0.2, 0.25) is 0 Å². The molecule has 0 unspecified atom stereocenters. The molecule has 174 valence electrons. The van der Waals surface area contributed by atoms with Gasteiger partial charge in [0.25, 0.3) is 0 Å². The van der Waals surface area contributed by atoms with Crippen LogP contribution >= 0.6 is 0 Å². The number of aliphatic hydroxyl groups is 1. The number of benzene rings is 1. The van der Waals surface area contributed by atoms with E-state index in [4.69, 9.17) is 15.6 Å². The maximum atomic E-state index is 12.6. The Labute approximate surface area is 184 Å². The Morgan fingerprint density at radius 1 is 1.00 bits per heavy atom. The molecule has 0 aromatic heterocycles. The zero-order valence-electron chi connectivity index (χ0n) is 19.2. The van der Waals surface area contributed by atoms with Gasteiger partial charge in [-0.15, -0.1) is 0 Å². The smallest absolute Gasteiger partial charge is 0.246 e. The molecule has 9 heteroatoms. The molecule has 1 aromatic carbocycles. The summed E-state index contributed by atoms with van der Waals surface area (Å²) in [6.45, 7) is 10.6. The van der Waals surface area contributed by atoms with Crippen LogP contribution in [0.25, 0.3) is 0 Å². The third-order valence-corrected chi connectivity index (χ3v) is 4.83. The highest BCUT2D eigenvalue weighted by Crippen LogP contribution is 2.20. The van der Waals surface area contributed by atoms with E-state index in [1.54, 1.807) is 52.0 Å². The van der Waals surface area contributed by atoms with Gasteiger partial charge in [-0.05, 0) is 59.2 Å². The second kappa shape index (κ2) is 11.2. The fraction of sp³-hybridized carbons (Fsp3) is 0.591. The zero-order chi connectivity index (χ0) is 23.8. The average Bonchev–Trinajstić information content (AvgIpc) is 2.72. The van der Waals surface area contributed by atoms with Gasteiger partial charge < -0.3 is 31.5 Å². The normalized spacial score (nSPS) is 13.8. The van der Waals surface area contributed by atoms with E-state index in [2.05, 4.69) is 16.0 Å². The summed E-state index contributed by atoms with van der Waals surface area (Å²) in [5.41, 5.74) is 5.49. The first-order chi connectivity index (χ1) is 14.3. The summed E-state index contributed by atoms with van der Waals surface area (Å²) in [5, 5.41) is 17.0. The fourth-order valence-corrected chi connectivity index (χ4v) is 2.31. The topological polar surface area (TPSA) is 143 Å². The van der Waals surface area contributed by atoms with Crippen molar-refractivity contribution in [3.63, 3.8) is 0 Å². The second-order valence-corrected chi connectivity index (χ2v) is 8.91. The van der Waals surface area contributed by atoms with Crippen LogP contribution in [0.4, 0.5) is 5.69 Å². The highest BCUT2D eigenvalue weighted by molar-refractivity contribution is 5.98. The maximum Gasteiger partial charge on any atom is 0.246 e. The van der Waals surface area contributed by atoms with Crippen LogP contribution in [-0.4, -0.2) is 53.7 Å². The minimum absolute atomic E-state index is 0.0853. The Hall–Kier alpha value is -2.49. The summed E-state index contributed by atoms with van der Waals surface area (Å²) in [4.78, 5) is 37.4. The summed E-state index contributed by atoms with van der Waals surface area (Å²) in [7, 11) is 0. The van der Waals surface area contributed by atoms with Crippen molar-refractivity contribution in [3.05, 3.63) is 29.8 Å². The number of nitrogens with two attached hydrogens (primary N) is 1. The number of ether oxygens (including phenoxy) is 1. The second-order valence-electron chi connectivity index (χ2n) is 8.91. The van der Waals surface area contributed by atoms with Crippen LogP contribution in [0.1, 0.15) is 47.1 Å². The van der Waals surface area contributed by atoms with Gasteiger partial charge in [-0.2, -0.15) is 0 Å². The van der Waals surface area contributed by atoms with Crippen molar-refractivity contribution in [2.75, 3.05) is 18.5 Å². The quantitative estimate of drug-likeness (QED) is 0.349. The van der Waals surface area contributed by atoms with Crippen LogP contribution in [0.3, 0.4) is 0 Å². The fourth-order valence-electron chi connectivity index (χ4n) is 2.31. The summed E-state index contributed by atoms with van der Waals surface area (Å²) >= 11 is 0. The molecule has 0 aliphatic rings. The van der Waals surface area contributed by atoms with Crippen LogP contribution in [0, 0.1) is 5.41 Å². The van der Waals surface area contributed by atoms with E-state index in [0.717, 1.165) is 5.56 Å². The van der Waals surface area contributed by atoms with E-state index in [1.165, 1.54) is 0 Å². The molecule has 0 bridgehead atoms. The van der Waals surface area contributed by atoms with Crippen molar-refractivity contribution >= 4 is 23.4 Å². The standard InChI is InChI=1S/C22H36N4O5/c1-14(19(29)26-17-9-7-16(11-27)8-10-17)24-18(28)15(2)25-20(30)21(3,4)13-31-22(5,6)12-23/h7-10,14-15,27H,11-13,23H2,1-6H3,(H,24,28)(H,25,30)(H,26,29)/t14-,15-/m0/s1. The number of amides is 3. The molecule has 0 radical (unpaired) electrons. The number of rotatable bonds is 11. The molecule has 31 heavy (non-hydrogen) atoms. The molecule has 3 amide bonds. The van der Waals surface area contributed by atoms with Crippen molar-refractivity contribution in [3.8, 4) is 0 Å². The first-order valence-corrected chi connectivity index (χ1v) is 10.3. The van der Waals surface area contributed by atoms with Gasteiger partial charge in [0.15, 0.2) is 0 Å². The summed E-state index contributed by atoms with van der Waals surface area (Å²) in [6, 6.07) is 5.06. The first kappa shape index (κ1) is 26.5. The number of anilines is 1. The Kier molecular flexibility index (Phi) is 9.61. The molecule has 0 heterocycles. The van der Waals surface area contributed by atoms with E-state index >= 15 is 0 Å². The molecule has 0 saturated carbocycles. The van der Waals surface area contributed by atoms with Crippen molar-refractivity contribution in [2.45, 2.75) is 65.8 Å². The van der Waals surface area contributed by atoms with Gasteiger partial charge in [-0.25, -0.2) is 0 Å². The van der Waals surface area contributed by atoms with E-state index in [9.17, 15) is 14.4 Å². The highest BCUT2D eigenvalue weighted by Gasteiger charge is 2.33. The van der Waals surface area contributed by atoms with Crippen LogP contribution in [0.15, 0.2) is 24.3 Å². The van der Waals surface area contributed by atoms with Crippen LogP contribution in [0.5, 0.6) is 0 Å². The maximum absolute atomic E-state index is 12.6. The van der Waals surface area contributed by atoms with Gasteiger partial charge in [0, 0.05) is 12.2 Å². The Bertz CT molecular complexity index is 762. The van der Waals surface area contributed by atoms with Gasteiger partial charge in [0.2, 0.25) is 17.7 Å². The molecule has 9 nitrogen and oxygen atoms in total. The van der Waals surface area contributed by atoms with Gasteiger partial charge in [0.05, 0.1) is 24.2 Å². The Morgan fingerprint density at radius 2 is 1.55 bits per heavy atom. The molecule has 0 aliphatic heterocycles. The van der Waals surface area contributed by atoms with Gasteiger partial charge in [0.1, 0.15) is 12.1 Å². The molecule has 6 N–H and O–H groups in total. The molecule has 0 saturated heterocycles. The average molecular weight is 437 g/mol. The lowest BCUT2D eigenvalue weighted by atomic mass is 9.92. The Balaban J connectivity index is 2.57. The van der Waals surface area contributed by atoms with E-state index in [0.29, 0.717) is 12.2 Å². The van der Waals surface area contributed by atoms with Gasteiger partial charge in [-0.3, -0.25) is 14.4 Å². The number of hydrogen-bond donors (Lipinski definition) is 5. The molecular weight excluding hydrogens is 400 g/mol. The van der Waals surface area contributed by atoms with Gasteiger partial charge >= 0.3 is 0 Å². The number of carbonyl (C=O) groups excluding carboxylic acids is 3. The molecule has 2 atom stereocenters. The zero-order valence-corrected chi connectivity index (χ0v) is 19.2. The number of carbonyl (C=O) groups is 3. The van der Waals surface area contributed by atoms with Crippen molar-refractivity contribution in [1.29, 1.82) is 0 Å². The SMILES string of the molecule is C[C@H](NC(=O)[C@H](C)NC(=O)C(C)(C)COC(C)(C)CN)C(=O)Nc1ccc(CO)cc1. The van der Waals surface area contributed by atoms with Crippen molar-refractivity contribution < 1.29 is 24.2 Å². The van der Waals surface area contributed by atoms with E-state index < -0.39 is 34.9 Å². The van der Waals surface area contributed by atoms with Crippen LogP contribution in [-0.2, 0) is 25.7 Å². The predicted octanol–water partition coefficient (Wildman–Crippen LogP) is 0.907. The highest BCUT2D eigenvalue weighted by atomic mass is 16.5. The molecule has 0 aliphatic carbocycles. The molecule has 0 fully saturated rings. The number of nitrogens with one attached hydrogen (secondary N) is 3. The molecule has 0 spiro atoms. The lowest BCUT2D eigenvalue weighted by Crippen LogP contribution is -2.53. The molecular formula is C22H36N4O5. The Morgan fingerprint density at radius 3 is 2.06 bits per heavy atom. The minimum atomic E-state index is -0.870. The predicted molar refractivity (Wildman–Crippen MR) is 119 cm³/mol. The molecule has 1 aromatic rings. The van der Waals surface area contributed by atoms with E-state index in [-0.39, 0.29) is 19.1 Å². The van der Waals surface area contributed by atoms with Crippen LogP contribution < -0.4 is 21.7 Å². The largest absolute Gasteiger partial charge is 0.392 e. The summed E-state index contributed by atoms with van der Waals surface area (Å²) in [6.07, 6.45) is 0. The first-order valence-electron chi connectivity index (χ1n) is 10.3. The minimum Gasteiger partial charge on any atom is -0.392 e.